The Bertz CT molecular complexity index is 1330. The van der Waals surface area contributed by atoms with E-state index >= 15 is 0 Å². The molecule has 2 aromatic heterocycles. The largest absolute Gasteiger partial charge is 0.478 e. The summed E-state index contributed by atoms with van der Waals surface area (Å²) in [4.78, 5) is 26.2. The first kappa shape index (κ1) is 24.0. The fraction of sp³-hybridized carbons (Fsp3) is 0.100. The molecule has 13 heteroatoms. The first-order chi connectivity index (χ1) is 15.6. The molecule has 172 valence electrons. The number of carbonyl (C=O) groups is 2. The van der Waals surface area contributed by atoms with Gasteiger partial charge in [-0.05, 0) is 31.3 Å². The molecule has 3 aromatic rings. The van der Waals surface area contributed by atoms with Gasteiger partial charge in [-0.1, -0.05) is 11.6 Å². The van der Waals surface area contributed by atoms with E-state index in [0.29, 0.717) is 12.2 Å². The molecule has 2 N–H and O–H groups in total. The molecule has 3 rings (SSSR count). The van der Waals surface area contributed by atoms with Gasteiger partial charge in [0.05, 0.1) is 15.6 Å². The number of halogens is 2. The van der Waals surface area contributed by atoms with Crippen LogP contribution in [0.1, 0.15) is 11.9 Å². The molecular weight excluding hydrogens is 479 g/mol. The Morgan fingerprint density at radius 3 is 2.67 bits per heavy atom. The quantitative estimate of drug-likeness (QED) is 0.274. The molecule has 0 radical (unpaired) electrons. The third-order valence-electron chi connectivity index (χ3n) is 4.18. The fourth-order valence-electron chi connectivity index (χ4n) is 2.71. The molecule has 10 nitrogen and oxygen atoms in total. The van der Waals surface area contributed by atoms with Gasteiger partial charge in [-0.25, -0.2) is 27.1 Å². The van der Waals surface area contributed by atoms with Gasteiger partial charge in [0.1, 0.15) is 11.5 Å². The number of hydrogen-bond acceptors (Lipinski definition) is 8. The molecule has 0 saturated heterocycles. The first-order valence-electron chi connectivity index (χ1n) is 9.13. The second kappa shape index (κ2) is 9.90. The Labute approximate surface area is 192 Å². The van der Waals surface area contributed by atoms with Crippen molar-refractivity contribution < 1.29 is 32.2 Å². The van der Waals surface area contributed by atoms with Crippen LogP contribution in [0, 0.1) is 5.82 Å². The molecule has 0 fully saturated rings. The molecule has 0 aliphatic carbocycles. The zero-order valence-corrected chi connectivity index (χ0v) is 18.4. The van der Waals surface area contributed by atoms with Crippen molar-refractivity contribution in [2.45, 2.75) is 16.1 Å². The minimum Gasteiger partial charge on any atom is -0.478 e. The molecule has 2 heterocycles. The molecule has 0 aliphatic rings. The summed E-state index contributed by atoms with van der Waals surface area (Å²) < 4.78 is 46.6. The van der Waals surface area contributed by atoms with E-state index in [-0.39, 0.29) is 21.3 Å². The molecule has 1 atom stereocenters. The highest BCUT2D eigenvalue weighted by atomic mass is 35.5. The summed E-state index contributed by atoms with van der Waals surface area (Å²) in [6.07, 6.45) is 2.52. The van der Waals surface area contributed by atoms with Crippen LogP contribution in [0.5, 0.6) is 0 Å². The average Bonchev–Trinajstić information content (AvgIpc) is 3.24. The number of carboxylic acid groups (broad SMARTS) is 1. The second-order valence-electron chi connectivity index (χ2n) is 6.38. The number of carboxylic acids is 1. The topological polar surface area (TPSA) is 140 Å². The standard InChI is InChI=1S/C20H16ClFN4O6S/c1-23-20(32-19(29)7-6-18(27)28)15-10-17(33(30,31)13-3-2-8-24-11-13)26(25-15)16-9-12(22)4-5-14(16)21/h2-11,20,23H,1H3,(H,27,28)/b7-6+. The fourth-order valence-corrected chi connectivity index (χ4v) is 4.25. The number of pyridine rings is 1. The highest BCUT2D eigenvalue weighted by Crippen LogP contribution is 2.30. The maximum Gasteiger partial charge on any atom is 0.332 e. The lowest BCUT2D eigenvalue weighted by Crippen LogP contribution is -2.23. The summed E-state index contributed by atoms with van der Waals surface area (Å²) in [5.74, 6) is -3.07. The molecule has 0 aliphatic heterocycles. The number of ether oxygens (including phenoxy) is 1. The molecule has 33 heavy (non-hydrogen) atoms. The highest BCUT2D eigenvalue weighted by Gasteiger charge is 2.29. The Hall–Kier alpha value is -3.61. The van der Waals surface area contributed by atoms with Crippen molar-refractivity contribution in [1.29, 1.82) is 0 Å². The predicted molar refractivity (Wildman–Crippen MR) is 113 cm³/mol. The van der Waals surface area contributed by atoms with Crippen LogP contribution in [0.3, 0.4) is 0 Å². The Balaban J connectivity index is 2.15. The Morgan fingerprint density at radius 2 is 2.03 bits per heavy atom. The van der Waals surface area contributed by atoms with E-state index in [2.05, 4.69) is 15.4 Å². The summed E-state index contributed by atoms with van der Waals surface area (Å²) in [5.41, 5.74) is -0.144. The minimum absolute atomic E-state index is 0.0103. The number of nitrogens with one attached hydrogen (secondary N) is 1. The molecular formula is C20H16ClFN4O6S. The van der Waals surface area contributed by atoms with Crippen molar-refractivity contribution in [3.63, 3.8) is 0 Å². The Morgan fingerprint density at radius 1 is 1.27 bits per heavy atom. The van der Waals surface area contributed by atoms with Gasteiger partial charge in [0.25, 0.3) is 0 Å². The van der Waals surface area contributed by atoms with Crippen molar-refractivity contribution in [3.8, 4) is 5.69 Å². The van der Waals surface area contributed by atoms with Gasteiger partial charge in [-0.15, -0.1) is 0 Å². The van der Waals surface area contributed by atoms with E-state index in [1.165, 1.54) is 31.4 Å². The van der Waals surface area contributed by atoms with Crippen molar-refractivity contribution >= 4 is 33.4 Å². The van der Waals surface area contributed by atoms with E-state index in [4.69, 9.17) is 21.4 Å². The number of aromatic nitrogens is 3. The van der Waals surface area contributed by atoms with Crippen LogP contribution in [0.4, 0.5) is 4.39 Å². The number of carbonyl (C=O) groups excluding carboxylic acids is 1. The zero-order valence-electron chi connectivity index (χ0n) is 16.8. The van der Waals surface area contributed by atoms with Crippen molar-refractivity contribution in [3.05, 3.63) is 77.5 Å². The summed E-state index contributed by atoms with van der Waals surface area (Å²) >= 11 is 6.18. The zero-order chi connectivity index (χ0) is 24.2. The smallest absolute Gasteiger partial charge is 0.332 e. The van der Waals surface area contributed by atoms with Gasteiger partial charge in [0, 0.05) is 36.7 Å². The summed E-state index contributed by atoms with van der Waals surface area (Å²) in [5, 5.41) is 15.1. The average molecular weight is 495 g/mol. The van der Waals surface area contributed by atoms with E-state index in [0.717, 1.165) is 29.1 Å². The number of hydrogen-bond donors (Lipinski definition) is 2. The molecule has 0 amide bonds. The summed E-state index contributed by atoms with van der Waals surface area (Å²) in [6.45, 7) is 0. The van der Waals surface area contributed by atoms with E-state index < -0.39 is 38.8 Å². The number of nitrogens with zero attached hydrogens (tertiary/aromatic N) is 3. The lowest BCUT2D eigenvalue weighted by molar-refractivity contribution is -0.145. The highest BCUT2D eigenvalue weighted by molar-refractivity contribution is 7.91. The second-order valence-corrected chi connectivity index (χ2v) is 8.69. The molecule has 0 spiro atoms. The van der Waals surface area contributed by atoms with Gasteiger partial charge in [0.2, 0.25) is 9.84 Å². The molecule has 1 unspecified atom stereocenters. The van der Waals surface area contributed by atoms with Crippen LogP contribution in [-0.2, 0) is 24.2 Å². The third kappa shape index (κ3) is 5.42. The van der Waals surface area contributed by atoms with Crippen LogP contribution in [-0.4, -0.2) is 47.3 Å². The van der Waals surface area contributed by atoms with Crippen molar-refractivity contribution in [2.75, 3.05) is 7.05 Å². The number of benzene rings is 1. The lowest BCUT2D eigenvalue weighted by Gasteiger charge is -2.13. The van der Waals surface area contributed by atoms with Crippen LogP contribution in [0.25, 0.3) is 5.69 Å². The number of aliphatic carboxylic acids is 1. The normalized spacial score (nSPS) is 12.6. The van der Waals surface area contributed by atoms with Crippen molar-refractivity contribution in [2.24, 2.45) is 0 Å². The van der Waals surface area contributed by atoms with E-state index in [1.807, 2.05) is 0 Å². The van der Waals surface area contributed by atoms with Gasteiger partial charge in [-0.2, -0.15) is 5.10 Å². The van der Waals surface area contributed by atoms with Crippen molar-refractivity contribution in [1.82, 2.24) is 20.1 Å². The number of rotatable bonds is 8. The molecule has 1 aromatic carbocycles. The lowest BCUT2D eigenvalue weighted by atomic mass is 10.3. The molecule has 0 saturated carbocycles. The van der Waals surface area contributed by atoms with Gasteiger partial charge in [-0.3, -0.25) is 10.3 Å². The third-order valence-corrected chi connectivity index (χ3v) is 6.20. The van der Waals surface area contributed by atoms with Crippen LogP contribution >= 0.6 is 11.6 Å². The van der Waals surface area contributed by atoms with E-state index in [1.54, 1.807) is 0 Å². The minimum atomic E-state index is -4.22. The van der Waals surface area contributed by atoms with Crippen LogP contribution in [0.15, 0.2) is 70.9 Å². The van der Waals surface area contributed by atoms with E-state index in [9.17, 15) is 22.4 Å². The SMILES string of the molecule is CNC(OC(=O)/C=C/C(=O)O)c1cc(S(=O)(=O)c2cccnc2)n(-c2cc(F)ccc2Cl)n1. The van der Waals surface area contributed by atoms with Gasteiger partial charge >= 0.3 is 11.9 Å². The summed E-state index contributed by atoms with van der Waals surface area (Å²) in [7, 11) is -2.82. The Kier molecular flexibility index (Phi) is 7.21. The van der Waals surface area contributed by atoms with Gasteiger partial charge in [0.15, 0.2) is 11.3 Å². The van der Waals surface area contributed by atoms with Crippen LogP contribution < -0.4 is 5.32 Å². The first-order valence-corrected chi connectivity index (χ1v) is 11.0. The number of sulfone groups is 1. The summed E-state index contributed by atoms with van der Waals surface area (Å²) in [6, 6.07) is 7.20. The van der Waals surface area contributed by atoms with Crippen LogP contribution in [0.2, 0.25) is 5.02 Å². The monoisotopic (exact) mass is 494 g/mol. The maximum atomic E-state index is 13.9. The maximum absolute atomic E-state index is 13.9. The van der Waals surface area contributed by atoms with Gasteiger partial charge < -0.3 is 9.84 Å². The molecule has 0 bridgehead atoms. The number of esters is 1. The predicted octanol–water partition coefficient (Wildman–Crippen LogP) is 2.29.